The summed E-state index contributed by atoms with van der Waals surface area (Å²) in [7, 11) is 1.25. The lowest BCUT2D eigenvalue weighted by atomic mass is 10.1. The van der Waals surface area contributed by atoms with E-state index < -0.39 is 30.3 Å². The van der Waals surface area contributed by atoms with E-state index in [9.17, 15) is 18.8 Å². The number of nitrogens with one attached hydrogen (secondary N) is 1. The van der Waals surface area contributed by atoms with Crippen LogP contribution in [0.1, 0.15) is 36.7 Å². The van der Waals surface area contributed by atoms with E-state index in [0.29, 0.717) is 16.1 Å². The van der Waals surface area contributed by atoms with Gasteiger partial charge in [0, 0.05) is 4.88 Å². The van der Waals surface area contributed by atoms with Crippen LogP contribution in [0.3, 0.4) is 0 Å². The van der Waals surface area contributed by atoms with Crippen LogP contribution in [0.4, 0.5) is 9.39 Å². The molecule has 0 bridgehead atoms. The average molecular weight is 379 g/mol. The van der Waals surface area contributed by atoms with E-state index >= 15 is 0 Å². The van der Waals surface area contributed by atoms with Crippen LogP contribution in [-0.2, 0) is 14.3 Å². The van der Waals surface area contributed by atoms with Gasteiger partial charge in [-0.3, -0.25) is 4.79 Å². The first-order valence-electron chi connectivity index (χ1n) is 7.66. The van der Waals surface area contributed by atoms with Crippen LogP contribution >= 0.6 is 11.3 Å². The number of rotatable bonds is 5. The third-order valence-corrected chi connectivity index (χ3v) is 4.89. The number of methoxy groups -OCH3 is 1. The molecule has 0 radical (unpaired) electrons. The molecule has 0 aliphatic heterocycles. The van der Waals surface area contributed by atoms with Gasteiger partial charge in [0.05, 0.1) is 18.2 Å². The van der Waals surface area contributed by atoms with Crippen LogP contribution in [0, 0.1) is 26.6 Å². The minimum Gasteiger partial charge on any atom is -0.465 e. The summed E-state index contributed by atoms with van der Waals surface area (Å²) in [5, 5.41) is 2.87. The van der Waals surface area contributed by atoms with Gasteiger partial charge in [0.25, 0.3) is 5.91 Å². The Hall–Kier alpha value is -2.74. The predicted molar refractivity (Wildman–Crippen MR) is 95.2 cm³/mol. The number of halogens is 1. The van der Waals surface area contributed by atoms with Crippen LogP contribution in [0.5, 0.6) is 0 Å². The van der Waals surface area contributed by atoms with Crippen LogP contribution in [0.2, 0.25) is 0 Å². The van der Waals surface area contributed by atoms with E-state index in [-0.39, 0.29) is 11.1 Å². The quantitative estimate of drug-likeness (QED) is 0.806. The SMILES string of the molecule is COC(=O)c1c(NC(=O)COC(=O)c2ccc(C)c(F)c2)sc(C)c1C. The minimum atomic E-state index is -0.814. The molecule has 0 saturated heterocycles. The summed E-state index contributed by atoms with van der Waals surface area (Å²) in [6, 6.07) is 3.92. The minimum absolute atomic E-state index is 0.0129. The Morgan fingerprint density at radius 1 is 1.15 bits per heavy atom. The van der Waals surface area contributed by atoms with E-state index in [4.69, 9.17) is 9.47 Å². The van der Waals surface area contributed by atoms with E-state index in [1.165, 1.54) is 30.6 Å². The maximum atomic E-state index is 13.5. The van der Waals surface area contributed by atoms with Crippen molar-refractivity contribution in [1.82, 2.24) is 0 Å². The highest BCUT2D eigenvalue weighted by molar-refractivity contribution is 7.16. The van der Waals surface area contributed by atoms with Crippen molar-refractivity contribution in [2.75, 3.05) is 19.0 Å². The molecule has 1 aromatic heterocycles. The summed E-state index contributed by atoms with van der Waals surface area (Å²) in [5.41, 5.74) is 1.40. The van der Waals surface area contributed by atoms with Gasteiger partial charge in [-0.25, -0.2) is 14.0 Å². The molecule has 2 aromatic rings. The highest BCUT2D eigenvalue weighted by Crippen LogP contribution is 2.32. The van der Waals surface area contributed by atoms with Gasteiger partial charge >= 0.3 is 11.9 Å². The lowest BCUT2D eigenvalue weighted by Crippen LogP contribution is -2.21. The third kappa shape index (κ3) is 4.26. The number of esters is 2. The van der Waals surface area contributed by atoms with Gasteiger partial charge < -0.3 is 14.8 Å². The van der Waals surface area contributed by atoms with Gasteiger partial charge in [0.2, 0.25) is 0 Å². The Morgan fingerprint density at radius 3 is 2.46 bits per heavy atom. The number of ether oxygens (including phenoxy) is 2. The Labute approximate surface area is 153 Å². The van der Waals surface area contributed by atoms with E-state index in [0.717, 1.165) is 10.9 Å². The van der Waals surface area contributed by atoms with Gasteiger partial charge in [0.1, 0.15) is 10.8 Å². The molecule has 8 heteroatoms. The van der Waals surface area contributed by atoms with Crippen molar-refractivity contribution in [3.05, 3.63) is 51.1 Å². The number of carbonyl (C=O) groups is 3. The Balaban J connectivity index is 2.03. The highest BCUT2D eigenvalue weighted by Gasteiger charge is 2.22. The van der Waals surface area contributed by atoms with E-state index in [1.807, 2.05) is 6.92 Å². The third-order valence-electron chi connectivity index (χ3n) is 3.77. The summed E-state index contributed by atoms with van der Waals surface area (Å²) in [6.45, 7) is 4.57. The second kappa shape index (κ2) is 8.09. The predicted octanol–water partition coefficient (Wildman–Crippen LogP) is 3.39. The van der Waals surface area contributed by atoms with Crippen LogP contribution in [0.25, 0.3) is 0 Å². The first kappa shape index (κ1) is 19.6. The van der Waals surface area contributed by atoms with Gasteiger partial charge in [-0.15, -0.1) is 11.3 Å². The van der Waals surface area contributed by atoms with Crippen molar-refractivity contribution < 1.29 is 28.2 Å². The molecule has 1 N–H and O–H groups in total. The van der Waals surface area contributed by atoms with Crippen molar-refractivity contribution in [2.24, 2.45) is 0 Å². The molecule has 1 heterocycles. The summed E-state index contributed by atoms with van der Waals surface area (Å²) < 4.78 is 23.1. The highest BCUT2D eigenvalue weighted by atomic mass is 32.1. The van der Waals surface area contributed by atoms with Crippen molar-refractivity contribution >= 4 is 34.2 Å². The molecule has 1 aromatic carbocycles. The molecule has 0 fully saturated rings. The zero-order valence-corrected chi connectivity index (χ0v) is 15.6. The molecular weight excluding hydrogens is 361 g/mol. The summed E-state index contributed by atoms with van der Waals surface area (Å²) >= 11 is 1.22. The summed E-state index contributed by atoms with van der Waals surface area (Å²) in [4.78, 5) is 36.7. The zero-order chi connectivity index (χ0) is 19.4. The van der Waals surface area contributed by atoms with Gasteiger partial charge in [-0.1, -0.05) is 6.07 Å². The molecule has 26 heavy (non-hydrogen) atoms. The average Bonchev–Trinajstić information content (AvgIpc) is 2.88. The molecule has 138 valence electrons. The number of hydrogen-bond acceptors (Lipinski definition) is 6. The fourth-order valence-electron chi connectivity index (χ4n) is 2.16. The molecule has 0 unspecified atom stereocenters. The van der Waals surface area contributed by atoms with Crippen LogP contribution < -0.4 is 5.32 Å². The number of benzene rings is 1. The topological polar surface area (TPSA) is 81.7 Å². The second-order valence-corrected chi connectivity index (χ2v) is 6.79. The standard InChI is InChI=1S/C18H18FNO5S/c1-9-5-6-12(7-13(9)19)17(22)25-8-14(21)20-16-15(18(23)24-4)10(2)11(3)26-16/h5-7H,8H2,1-4H3,(H,20,21). The summed E-state index contributed by atoms with van der Waals surface area (Å²) in [6.07, 6.45) is 0. The van der Waals surface area contributed by atoms with Crippen molar-refractivity contribution in [2.45, 2.75) is 20.8 Å². The molecule has 0 atom stereocenters. The van der Waals surface area contributed by atoms with Crippen molar-refractivity contribution in [3.8, 4) is 0 Å². The van der Waals surface area contributed by atoms with Gasteiger partial charge in [-0.05, 0) is 44.0 Å². The second-order valence-electron chi connectivity index (χ2n) is 5.57. The largest absolute Gasteiger partial charge is 0.465 e. The molecule has 0 spiro atoms. The first-order valence-corrected chi connectivity index (χ1v) is 8.47. The number of amides is 1. The normalized spacial score (nSPS) is 10.3. The Bertz CT molecular complexity index is 875. The fourth-order valence-corrected chi connectivity index (χ4v) is 3.22. The number of hydrogen-bond donors (Lipinski definition) is 1. The number of aryl methyl sites for hydroxylation is 2. The zero-order valence-electron chi connectivity index (χ0n) is 14.8. The maximum Gasteiger partial charge on any atom is 0.341 e. The van der Waals surface area contributed by atoms with Crippen LogP contribution in [-0.4, -0.2) is 31.6 Å². The number of thiophene rings is 1. The number of carbonyl (C=O) groups excluding carboxylic acids is 3. The smallest absolute Gasteiger partial charge is 0.341 e. The van der Waals surface area contributed by atoms with Crippen LogP contribution in [0.15, 0.2) is 18.2 Å². The molecule has 2 rings (SSSR count). The molecule has 6 nitrogen and oxygen atoms in total. The fraction of sp³-hybridized carbons (Fsp3) is 0.278. The maximum absolute atomic E-state index is 13.5. The van der Waals surface area contributed by atoms with E-state index in [2.05, 4.69) is 5.32 Å². The van der Waals surface area contributed by atoms with Crippen molar-refractivity contribution in [1.29, 1.82) is 0 Å². The van der Waals surface area contributed by atoms with Crippen molar-refractivity contribution in [3.63, 3.8) is 0 Å². The van der Waals surface area contributed by atoms with Gasteiger partial charge in [-0.2, -0.15) is 0 Å². The Kier molecular flexibility index (Phi) is 6.10. The number of anilines is 1. The lowest BCUT2D eigenvalue weighted by Gasteiger charge is -2.07. The molecule has 0 aliphatic rings. The Morgan fingerprint density at radius 2 is 1.85 bits per heavy atom. The molecule has 1 amide bonds. The first-order chi connectivity index (χ1) is 12.2. The lowest BCUT2D eigenvalue weighted by molar-refractivity contribution is -0.119. The monoisotopic (exact) mass is 379 g/mol. The van der Waals surface area contributed by atoms with Gasteiger partial charge in [0.15, 0.2) is 6.61 Å². The van der Waals surface area contributed by atoms with E-state index in [1.54, 1.807) is 13.8 Å². The molecule has 0 aliphatic carbocycles. The summed E-state index contributed by atoms with van der Waals surface area (Å²) in [5.74, 6) is -2.52. The molecular formula is C18H18FNO5S. The molecule has 0 saturated carbocycles.